The van der Waals surface area contributed by atoms with Gasteiger partial charge in [0.15, 0.2) is 11.5 Å². The molecule has 1 aromatic heterocycles. The van der Waals surface area contributed by atoms with Crippen LogP contribution in [-0.4, -0.2) is 17.2 Å². The first-order valence-corrected chi connectivity index (χ1v) is 6.58. The number of hydrogen-bond acceptors (Lipinski definition) is 5. The van der Waals surface area contributed by atoms with Gasteiger partial charge in [-0.15, -0.1) is 0 Å². The van der Waals surface area contributed by atoms with Gasteiger partial charge in [-0.05, 0) is 30.7 Å². The van der Waals surface area contributed by atoms with Gasteiger partial charge >= 0.3 is 0 Å². The fourth-order valence-corrected chi connectivity index (χ4v) is 1.81. The van der Waals surface area contributed by atoms with Crippen LogP contribution in [0.3, 0.4) is 0 Å². The molecule has 0 aliphatic rings. The smallest absolute Gasteiger partial charge is 0.169 e. The normalized spacial score (nSPS) is 11.5. The van der Waals surface area contributed by atoms with Gasteiger partial charge in [0.2, 0.25) is 0 Å². The second-order valence-electron chi connectivity index (χ2n) is 4.42. The highest BCUT2D eigenvalue weighted by Gasteiger charge is 2.09. The Hall–Kier alpha value is -2.58. The van der Waals surface area contributed by atoms with Crippen molar-refractivity contribution in [1.29, 1.82) is 5.26 Å². The third-order valence-electron chi connectivity index (χ3n) is 3.01. The zero-order valence-corrected chi connectivity index (χ0v) is 11.9. The predicted octanol–water partition coefficient (Wildman–Crippen LogP) is 3.20. The number of aliphatic hydroxyl groups is 1. The van der Waals surface area contributed by atoms with Gasteiger partial charge in [-0.25, -0.2) is 0 Å². The van der Waals surface area contributed by atoms with Crippen LogP contribution in [0.15, 0.2) is 36.5 Å². The molecule has 0 aliphatic heterocycles. The molecular formula is C16H16N2O3. The van der Waals surface area contributed by atoms with Crippen LogP contribution < -0.4 is 9.47 Å². The number of pyridine rings is 1. The minimum absolute atomic E-state index is 0.478. The van der Waals surface area contributed by atoms with Crippen LogP contribution in [-0.2, 0) is 0 Å². The lowest BCUT2D eigenvalue weighted by molar-refractivity contribution is 0.169. The largest absolute Gasteiger partial charge is 0.493 e. The number of aliphatic hydroxyl groups excluding tert-OH is 1. The van der Waals surface area contributed by atoms with Gasteiger partial charge in [-0.2, -0.15) is 5.26 Å². The number of ether oxygens (including phenoxy) is 2. The summed E-state index contributed by atoms with van der Waals surface area (Å²) >= 11 is 0. The summed E-state index contributed by atoms with van der Waals surface area (Å²) < 4.78 is 10.9. The zero-order valence-electron chi connectivity index (χ0n) is 11.9. The van der Waals surface area contributed by atoms with Crippen LogP contribution in [0.4, 0.5) is 0 Å². The average molecular weight is 284 g/mol. The van der Waals surface area contributed by atoms with Crippen LogP contribution in [0, 0.1) is 11.3 Å². The summed E-state index contributed by atoms with van der Waals surface area (Å²) in [6.07, 6.45) is 1.59. The fraction of sp³-hybridized carbons (Fsp3) is 0.250. The van der Waals surface area contributed by atoms with E-state index in [1.54, 1.807) is 36.5 Å². The SMILES string of the molecule is CC[C@H](O)c1ccc(Oc2ccc(C#N)cc2OC)cn1. The third kappa shape index (κ3) is 3.50. The molecule has 0 unspecified atom stereocenters. The molecule has 2 rings (SSSR count). The molecule has 0 amide bonds. The number of hydrogen-bond donors (Lipinski definition) is 1. The van der Waals surface area contributed by atoms with Gasteiger partial charge < -0.3 is 14.6 Å². The second kappa shape index (κ2) is 6.73. The molecular weight excluding hydrogens is 268 g/mol. The third-order valence-corrected chi connectivity index (χ3v) is 3.01. The number of aromatic nitrogens is 1. The van der Waals surface area contributed by atoms with Crippen molar-refractivity contribution in [2.24, 2.45) is 0 Å². The maximum atomic E-state index is 9.70. The van der Waals surface area contributed by atoms with E-state index in [4.69, 9.17) is 14.7 Å². The lowest BCUT2D eigenvalue weighted by Gasteiger charge is -2.11. The molecule has 1 N–H and O–H groups in total. The minimum atomic E-state index is -0.566. The molecule has 5 nitrogen and oxygen atoms in total. The van der Waals surface area contributed by atoms with Crippen molar-refractivity contribution in [3.8, 4) is 23.3 Å². The summed E-state index contributed by atoms with van der Waals surface area (Å²) in [7, 11) is 1.52. The van der Waals surface area contributed by atoms with E-state index in [9.17, 15) is 5.11 Å². The molecule has 1 heterocycles. The van der Waals surface area contributed by atoms with Crippen LogP contribution in [0.25, 0.3) is 0 Å². The van der Waals surface area contributed by atoms with Crippen molar-refractivity contribution in [2.75, 3.05) is 7.11 Å². The van der Waals surface area contributed by atoms with Crippen molar-refractivity contribution < 1.29 is 14.6 Å². The monoisotopic (exact) mass is 284 g/mol. The summed E-state index contributed by atoms with van der Waals surface area (Å²) in [5.41, 5.74) is 1.11. The Balaban J connectivity index is 2.20. The maximum Gasteiger partial charge on any atom is 0.169 e. The van der Waals surface area contributed by atoms with Crippen LogP contribution in [0.2, 0.25) is 0 Å². The molecule has 21 heavy (non-hydrogen) atoms. The van der Waals surface area contributed by atoms with E-state index in [0.717, 1.165) is 0 Å². The number of benzene rings is 1. The van der Waals surface area contributed by atoms with Crippen molar-refractivity contribution in [1.82, 2.24) is 4.98 Å². The predicted molar refractivity (Wildman–Crippen MR) is 77.3 cm³/mol. The highest BCUT2D eigenvalue weighted by Crippen LogP contribution is 2.32. The van der Waals surface area contributed by atoms with Crippen LogP contribution in [0.1, 0.15) is 30.7 Å². The van der Waals surface area contributed by atoms with E-state index >= 15 is 0 Å². The molecule has 108 valence electrons. The number of nitriles is 1. The molecule has 0 saturated carbocycles. The van der Waals surface area contributed by atoms with E-state index in [0.29, 0.717) is 34.9 Å². The second-order valence-corrected chi connectivity index (χ2v) is 4.42. The first-order chi connectivity index (χ1) is 10.2. The standard InChI is InChI=1S/C16H16N2O3/c1-3-14(19)13-6-5-12(10-18-13)21-15-7-4-11(9-17)8-16(15)20-2/h4-8,10,14,19H,3H2,1-2H3/t14-/m0/s1. The summed E-state index contributed by atoms with van der Waals surface area (Å²) in [5, 5.41) is 18.6. The van der Waals surface area contributed by atoms with Gasteiger partial charge in [-0.3, -0.25) is 4.98 Å². The highest BCUT2D eigenvalue weighted by atomic mass is 16.5. The number of nitrogens with zero attached hydrogens (tertiary/aromatic N) is 2. The van der Waals surface area contributed by atoms with Crippen LogP contribution >= 0.6 is 0 Å². The average Bonchev–Trinajstić information content (AvgIpc) is 2.55. The topological polar surface area (TPSA) is 75.4 Å². The Morgan fingerprint density at radius 3 is 2.67 bits per heavy atom. The van der Waals surface area contributed by atoms with E-state index in [1.807, 2.05) is 13.0 Å². The molecule has 0 saturated heterocycles. The van der Waals surface area contributed by atoms with Gasteiger partial charge in [0, 0.05) is 6.07 Å². The van der Waals surface area contributed by atoms with Crippen molar-refractivity contribution in [2.45, 2.75) is 19.4 Å². The van der Waals surface area contributed by atoms with Crippen LogP contribution in [0.5, 0.6) is 17.2 Å². The van der Waals surface area contributed by atoms with Crippen molar-refractivity contribution >= 4 is 0 Å². The summed E-state index contributed by atoms with van der Waals surface area (Å²) in [6, 6.07) is 10.4. The lowest BCUT2D eigenvalue weighted by atomic mass is 10.2. The van der Waals surface area contributed by atoms with Crippen molar-refractivity contribution in [3.63, 3.8) is 0 Å². The quantitative estimate of drug-likeness (QED) is 0.912. The summed E-state index contributed by atoms with van der Waals surface area (Å²) in [4.78, 5) is 4.17. The summed E-state index contributed by atoms with van der Waals surface area (Å²) in [6.45, 7) is 1.89. The van der Waals surface area contributed by atoms with E-state index in [2.05, 4.69) is 4.98 Å². The first-order valence-electron chi connectivity index (χ1n) is 6.58. The molecule has 1 atom stereocenters. The van der Waals surface area contributed by atoms with Gasteiger partial charge in [0.25, 0.3) is 0 Å². The molecule has 0 bridgehead atoms. The Morgan fingerprint density at radius 2 is 2.10 bits per heavy atom. The van der Waals surface area contributed by atoms with E-state index in [1.165, 1.54) is 7.11 Å². The maximum absolute atomic E-state index is 9.70. The number of rotatable bonds is 5. The molecule has 2 aromatic rings. The number of methoxy groups -OCH3 is 1. The Labute approximate surface area is 123 Å². The zero-order chi connectivity index (χ0) is 15.2. The van der Waals surface area contributed by atoms with E-state index in [-0.39, 0.29) is 0 Å². The minimum Gasteiger partial charge on any atom is -0.493 e. The highest BCUT2D eigenvalue weighted by molar-refractivity contribution is 5.48. The van der Waals surface area contributed by atoms with E-state index < -0.39 is 6.10 Å². The molecule has 0 fully saturated rings. The lowest BCUT2D eigenvalue weighted by Crippen LogP contribution is -1.98. The molecule has 0 aliphatic carbocycles. The van der Waals surface area contributed by atoms with Gasteiger partial charge in [-0.1, -0.05) is 6.92 Å². The Kier molecular flexibility index (Phi) is 4.75. The summed E-state index contributed by atoms with van der Waals surface area (Å²) in [5.74, 6) is 1.51. The first kappa shape index (κ1) is 14.8. The van der Waals surface area contributed by atoms with Gasteiger partial charge in [0.1, 0.15) is 5.75 Å². The van der Waals surface area contributed by atoms with Crippen molar-refractivity contribution in [3.05, 3.63) is 47.8 Å². The molecule has 0 radical (unpaired) electrons. The fourth-order valence-electron chi connectivity index (χ4n) is 1.81. The van der Waals surface area contributed by atoms with Gasteiger partial charge in [0.05, 0.1) is 36.7 Å². The Morgan fingerprint density at radius 1 is 1.29 bits per heavy atom. The molecule has 1 aromatic carbocycles. The Bertz CT molecular complexity index is 648. The molecule has 0 spiro atoms. The molecule has 5 heteroatoms.